The monoisotopic (exact) mass is 464 g/mol. The fraction of sp³-hybridized carbons (Fsp3) is 0.231. The SMILES string of the molecule is CCOc1cc2c(cc1OCC)[C@@H](c1ccc(Cl)cc1)N(c1ccc(C(=O)[O-])cc1)C(=O)C2. The highest BCUT2D eigenvalue weighted by molar-refractivity contribution is 6.30. The standard InChI is InChI=1S/C26H24ClNO5/c1-3-32-22-13-18-14-24(29)28(20-11-7-17(8-12-20)26(30)31)25(16-5-9-19(27)10-6-16)21(18)15-23(22)33-4-2/h5-13,15,25H,3-4,14H2,1-2H3,(H,30,31)/p-1/t25-/m1/s1. The Morgan fingerprint density at radius 2 is 1.61 bits per heavy atom. The van der Waals surface area contributed by atoms with E-state index in [0.717, 1.165) is 16.7 Å². The fourth-order valence-electron chi connectivity index (χ4n) is 4.12. The molecule has 0 saturated carbocycles. The summed E-state index contributed by atoms with van der Waals surface area (Å²) in [5, 5.41) is 11.8. The average molecular weight is 465 g/mol. The van der Waals surface area contributed by atoms with Gasteiger partial charge in [0.15, 0.2) is 11.5 Å². The minimum atomic E-state index is -1.27. The second-order valence-electron chi connectivity index (χ2n) is 7.59. The van der Waals surface area contributed by atoms with Crippen LogP contribution in [0.4, 0.5) is 5.69 Å². The second kappa shape index (κ2) is 9.55. The minimum Gasteiger partial charge on any atom is -0.545 e. The van der Waals surface area contributed by atoms with Crippen molar-refractivity contribution in [3.63, 3.8) is 0 Å². The molecule has 3 aromatic carbocycles. The first-order chi connectivity index (χ1) is 15.9. The number of fused-ring (bicyclic) bond motifs is 1. The summed E-state index contributed by atoms with van der Waals surface area (Å²) in [6, 6.07) is 16.8. The number of carbonyl (C=O) groups is 2. The third-order valence-corrected chi connectivity index (χ3v) is 5.79. The number of ether oxygens (including phenoxy) is 2. The van der Waals surface area contributed by atoms with Crippen molar-refractivity contribution in [3.05, 3.63) is 87.9 Å². The Morgan fingerprint density at radius 1 is 1.00 bits per heavy atom. The van der Waals surface area contributed by atoms with Gasteiger partial charge in [0.05, 0.1) is 31.6 Å². The Kier molecular flexibility index (Phi) is 6.56. The first-order valence-electron chi connectivity index (χ1n) is 10.7. The quantitative estimate of drug-likeness (QED) is 0.524. The van der Waals surface area contributed by atoms with Crippen LogP contribution >= 0.6 is 11.6 Å². The number of rotatable bonds is 7. The molecule has 0 fully saturated rings. The van der Waals surface area contributed by atoms with Crippen molar-refractivity contribution in [1.29, 1.82) is 0 Å². The topological polar surface area (TPSA) is 78.9 Å². The Balaban J connectivity index is 1.89. The number of carbonyl (C=O) groups excluding carboxylic acids is 2. The van der Waals surface area contributed by atoms with Gasteiger partial charge >= 0.3 is 0 Å². The maximum atomic E-state index is 13.4. The molecule has 4 rings (SSSR count). The zero-order valence-corrected chi connectivity index (χ0v) is 19.1. The summed E-state index contributed by atoms with van der Waals surface area (Å²) in [5.41, 5.74) is 3.26. The average Bonchev–Trinajstić information content (AvgIpc) is 2.80. The number of hydrogen-bond donors (Lipinski definition) is 0. The molecular weight excluding hydrogens is 442 g/mol. The molecule has 1 aliphatic rings. The molecular formula is C26H23ClNO5-. The van der Waals surface area contributed by atoms with E-state index >= 15 is 0 Å². The summed E-state index contributed by atoms with van der Waals surface area (Å²) in [6.07, 6.45) is 0.175. The number of carboxylic acids is 1. The van der Waals surface area contributed by atoms with Crippen LogP contribution in [0.25, 0.3) is 0 Å². The van der Waals surface area contributed by atoms with E-state index in [4.69, 9.17) is 21.1 Å². The van der Waals surface area contributed by atoms with Crippen LogP contribution in [0.15, 0.2) is 60.7 Å². The lowest BCUT2D eigenvalue weighted by atomic mass is 9.86. The second-order valence-corrected chi connectivity index (χ2v) is 8.03. The number of nitrogens with zero attached hydrogens (tertiary/aromatic N) is 1. The van der Waals surface area contributed by atoms with E-state index in [1.807, 2.05) is 38.1 Å². The highest BCUT2D eigenvalue weighted by Gasteiger charge is 2.36. The smallest absolute Gasteiger partial charge is 0.232 e. The molecule has 0 unspecified atom stereocenters. The Hall–Kier alpha value is -3.51. The molecule has 0 bridgehead atoms. The fourth-order valence-corrected chi connectivity index (χ4v) is 4.24. The van der Waals surface area contributed by atoms with E-state index in [2.05, 4.69) is 0 Å². The van der Waals surface area contributed by atoms with Gasteiger partial charge in [-0.15, -0.1) is 0 Å². The van der Waals surface area contributed by atoms with Gasteiger partial charge in [0, 0.05) is 10.7 Å². The highest BCUT2D eigenvalue weighted by atomic mass is 35.5. The van der Waals surface area contributed by atoms with E-state index in [1.54, 1.807) is 29.2 Å². The van der Waals surface area contributed by atoms with Crippen LogP contribution < -0.4 is 19.5 Å². The van der Waals surface area contributed by atoms with E-state index in [0.29, 0.717) is 35.4 Å². The van der Waals surface area contributed by atoms with Crippen molar-refractivity contribution in [2.45, 2.75) is 26.3 Å². The zero-order valence-electron chi connectivity index (χ0n) is 18.3. The van der Waals surface area contributed by atoms with Crippen molar-refractivity contribution in [2.75, 3.05) is 18.1 Å². The van der Waals surface area contributed by atoms with Crippen molar-refractivity contribution in [2.24, 2.45) is 0 Å². The number of amides is 1. The van der Waals surface area contributed by atoms with Crippen LogP contribution in [0.1, 0.15) is 46.9 Å². The third kappa shape index (κ3) is 4.52. The van der Waals surface area contributed by atoms with Gasteiger partial charge in [-0.05, 0) is 72.5 Å². The third-order valence-electron chi connectivity index (χ3n) is 5.54. The molecule has 1 aliphatic heterocycles. The first-order valence-corrected chi connectivity index (χ1v) is 11.1. The summed E-state index contributed by atoms with van der Waals surface area (Å²) in [4.78, 5) is 26.3. The van der Waals surface area contributed by atoms with E-state index < -0.39 is 12.0 Å². The number of carboxylic acid groups (broad SMARTS) is 1. The summed E-state index contributed by atoms with van der Waals surface area (Å²) < 4.78 is 11.6. The normalized spacial score (nSPS) is 15.2. The van der Waals surface area contributed by atoms with Crippen molar-refractivity contribution in [1.82, 2.24) is 0 Å². The van der Waals surface area contributed by atoms with Crippen LogP contribution in [-0.4, -0.2) is 25.1 Å². The number of aromatic carboxylic acids is 1. The maximum Gasteiger partial charge on any atom is 0.232 e. The van der Waals surface area contributed by atoms with Crippen LogP contribution in [0.3, 0.4) is 0 Å². The first kappa shape index (κ1) is 22.7. The van der Waals surface area contributed by atoms with Gasteiger partial charge in [0.25, 0.3) is 0 Å². The molecule has 3 aromatic rings. The molecule has 6 nitrogen and oxygen atoms in total. The molecule has 33 heavy (non-hydrogen) atoms. The van der Waals surface area contributed by atoms with Gasteiger partial charge in [0.2, 0.25) is 5.91 Å². The number of halogens is 1. The Labute approximate surface area is 197 Å². The summed E-state index contributed by atoms with van der Waals surface area (Å²) in [6.45, 7) is 4.75. The molecule has 1 heterocycles. The van der Waals surface area contributed by atoms with Crippen molar-refractivity contribution in [3.8, 4) is 11.5 Å². The van der Waals surface area contributed by atoms with Crippen molar-refractivity contribution >= 4 is 29.2 Å². The van der Waals surface area contributed by atoms with E-state index in [9.17, 15) is 14.7 Å². The molecule has 170 valence electrons. The molecule has 1 amide bonds. The van der Waals surface area contributed by atoms with Gasteiger partial charge in [-0.25, -0.2) is 0 Å². The number of hydrogen-bond acceptors (Lipinski definition) is 5. The summed E-state index contributed by atoms with van der Waals surface area (Å²) in [5.74, 6) is -0.169. The summed E-state index contributed by atoms with van der Waals surface area (Å²) >= 11 is 6.12. The van der Waals surface area contributed by atoms with Crippen LogP contribution in [0.2, 0.25) is 5.02 Å². The Morgan fingerprint density at radius 3 is 2.18 bits per heavy atom. The predicted molar refractivity (Wildman–Crippen MR) is 124 cm³/mol. The highest BCUT2D eigenvalue weighted by Crippen LogP contribution is 2.43. The van der Waals surface area contributed by atoms with E-state index in [1.165, 1.54) is 12.1 Å². The minimum absolute atomic E-state index is 0.0478. The van der Waals surface area contributed by atoms with Gasteiger partial charge in [-0.3, -0.25) is 4.79 Å². The molecule has 7 heteroatoms. The lowest BCUT2D eigenvalue weighted by Gasteiger charge is -2.38. The lowest BCUT2D eigenvalue weighted by molar-refractivity contribution is -0.255. The molecule has 0 spiro atoms. The maximum absolute atomic E-state index is 13.4. The molecule has 0 saturated heterocycles. The lowest BCUT2D eigenvalue weighted by Crippen LogP contribution is -2.41. The van der Waals surface area contributed by atoms with Gasteiger partial charge in [-0.1, -0.05) is 35.9 Å². The molecule has 0 radical (unpaired) electrons. The molecule has 0 aromatic heterocycles. The van der Waals surface area contributed by atoms with Gasteiger partial charge in [-0.2, -0.15) is 0 Å². The number of anilines is 1. The van der Waals surface area contributed by atoms with Gasteiger partial charge < -0.3 is 24.3 Å². The van der Waals surface area contributed by atoms with Gasteiger partial charge in [0.1, 0.15) is 0 Å². The molecule has 0 aliphatic carbocycles. The Bertz CT molecular complexity index is 1170. The van der Waals surface area contributed by atoms with Crippen LogP contribution in [0, 0.1) is 0 Å². The molecule has 0 N–H and O–H groups in total. The zero-order chi connectivity index (χ0) is 23.5. The largest absolute Gasteiger partial charge is 0.545 e. The summed E-state index contributed by atoms with van der Waals surface area (Å²) in [7, 11) is 0. The van der Waals surface area contributed by atoms with Crippen molar-refractivity contribution < 1.29 is 24.2 Å². The van der Waals surface area contributed by atoms with Crippen LogP contribution in [0.5, 0.6) is 11.5 Å². The predicted octanol–water partition coefficient (Wildman–Crippen LogP) is 4.18. The molecule has 1 atom stereocenters. The van der Waals surface area contributed by atoms with E-state index in [-0.39, 0.29) is 17.9 Å². The van der Waals surface area contributed by atoms with Crippen LogP contribution in [-0.2, 0) is 11.2 Å². The number of benzene rings is 3.